The number of rotatable bonds is 4. The molecule has 5 heteroatoms. The van der Waals surface area contributed by atoms with E-state index in [1.165, 1.54) is 0 Å². The van der Waals surface area contributed by atoms with Crippen LogP contribution in [0.3, 0.4) is 0 Å². The Balaban J connectivity index is 2.29. The summed E-state index contributed by atoms with van der Waals surface area (Å²) in [4.78, 5) is 0. The second-order valence-corrected chi connectivity index (χ2v) is 4.20. The topological polar surface area (TPSA) is 32.3 Å². The van der Waals surface area contributed by atoms with E-state index >= 15 is 0 Å². The van der Waals surface area contributed by atoms with Gasteiger partial charge in [-0.1, -0.05) is 6.42 Å². The molecule has 0 aliphatic heterocycles. The van der Waals surface area contributed by atoms with E-state index in [4.69, 9.17) is 5.11 Å². The lowest BCUT2D eigenvalue weighted by molar-refractivity contribution is -0.185. The molecule has 2 N–H and O–H groups in total. The van der Waals surface area contributed by atoms with Gasteiger partial charge in [0.05, 0.1) is 12.5 Å². The number of alkyl halides is 3. The molecule has 0 radical (unpaired) electrons. The highest BCUT2D eigenvalue weighted by molar-refractivity contribution is 4.78. The van der Waals surface area contributed by atoms with Crippen molar-refractivity contribution in [1.82, 2.24) is 5.32 Å². The molecule has 0 saturated heterocycles. The second kappa shape index (κ2) is 5.70. The van der Waals surface area contributed by atoms with Crippen LogP contribution in [0.5, 0.6) is 0 Å². The fourth-order valence-corrected chi connectivity index (χ4v) is 2.16. The average Bonchev–Trinajstić information content (AvgIpc) is 2.17. The minimum Gasteiger partial charge on any atom is -0.395 e. The van der Waals surface area contributed by atoms with E-state index in [0.29, 0.717) is 19.5 Å². The number of aliphatic hydroxyl groups excluding tert-OH is 1. The summed E-state index contributed by atoms with van der Waals surface area (Å²) in [6, 6.07) is 0. The molecule has 1 saturated carbocycles. The molecular weight excluding hydrogens is 207 g/mol. The molecule has 0 aromatic carbocycles. The van der Waals surface area contributed by atoms with E-state index in [9.17, 15) is 13.2 Å². The molecule has 0 aromatic heterocycles. The van der Waals surface area contributed by atoms with E-state index in [1.54, 1.807) is 0 Å². The first-order valence-corrected chi connectivity index (χ1v) is 5.42. The molecular formula is C10H18F3NO. The van der Waals surface area contributed by atoms with Crippen molar-refractivity contribution >= 4 is 0 Å². The summed E-state index contributed by atoms with van der Waals surface area (Å²) >= 11 is 0. The van der Waals surface area contributed by atoms with E-state index in [2.05, 4.69) is 5.32 Å². The molecule has 0 amide bonds. The summed E-state index contributed by atoms with van der Waals surface area (Å²) < 4.78 is 37.3. The standard InChI is InChI=1S/C10H18F3NO/c11-10(12,13)9-3-1-2-8(6-9)7-14-4-5-15/h8-9,14-15H,1-7H2. The van der Waals surface area contributed by atoms with Gasteiger partial charge in [-0.15, -0.1) is 0 Å². The first-order chi connectivity index (χ1) is 7.04. The number of halogens is 3. The number of nitrogens with one attached hydrogen (secondary N) is 1. The van der Waals surface area contributed by atoms with Gasteiger partial charge in [-0.05, 0) is 31.7 Å². The Morgan fingerprint density at radius 1 is 1.27 bits per heavy atom. The molecule has 0 heterocycles. The van der Waals surface area contributed by atoms with Crippen molar-refractivity contribution in [2.24, 2.45) is 11.8 Å². The highest BCUT2D eigenvalue weighted by Gasteiger charge is 2.41. The first-order valence-electron chi connectivity index (χ1n) is 5.42. The predicted octanol–water partition coefficient (Wildman–Crippen LogP) is 1.94. The van der Waals surface area contributed by atoms with Gasteiger partial charge in [0.25, 0.3) is 0 Å². The van der Waals surface area contributed by atoms with Gasteiger partial charge in [0.1, 0.15) is 0 Å². The zero-order chi connectivity index (χ0) is 11.3. The molecule has 1 fully saturated rings. The molecule has 0 spiro atoms. The van der Waals surface area contributed by atoms with Crippen molar-refractivity contribution < 1.29 is 18.3 Å². The molecule has 2 atom stereocenters. The maximum Gasteiger partial charge on any atom is 0.391 e. The van der Waals surface area contributed by atoms with Crippen molar-refractivity contribution in [1.29, 1.82) is 0 Å². The maximum atomic E-state index is 12.4. The Hall–Kier alpha value is -0.290. The molecule has 1 aliphatic carbocycles. The van der Waals surface area contributed by atoms with Crippen molar-refractivity contribution in [3.8, 4) is 0 Å². The van der Waals surface area contributed by atoms with Crippen LogP contribution in [0, 0.1) is 11.8 Å². The second-order valence-electron chi connectivity index (χ2n) is 4.20. The summed E-state index contributed by atoms with van der Waals surface area (Å²) in [5.41, 5.74) is 0. The van der Waals surface area contributed by atoms with Crippen molar-refractivity contribution in [2.45, 2.75) is 31.9 Å². The molecule has 1 rings (SSSR count). The Kier molecular flexibility index (Phi) is 4.86. The summed E-state index contributed by atoms with van der Waals surface area (Å²) in [7, 11) is 0. The summed E-state index contributed by atoms with van der Waals surface area (Å²) in [5, 5.41) is 11.5. The average molecular weight is 225 g/mol. The van der Waals surface area contributed by atoms with Crippen LogP contribution in [0.1, 0.15) is 25.7 Å². The lowest BCUT2D eigenvalue weighted by Gasteiger charge is -2.30. The van der Waals surface area contributed by atoms with Gasteiger partial charge in [-0.3, -0.25) is 0 Å². The van der Waals surface area contributed by atoms with Gasteiger partial charge in [0.15, 0.2) is 0 Å². The summed E-state index contributed by atoms with van der Waals surface area (Å²) in [5.74, 6) is -1.01. The van der Waals surface area contributed by atoms with E-state index in [1.807, 2.05) is 0 Å². The quantitative estimate of drug-likeness (QED) is 0.717. The molecule has 2 unspecified atom stereocenters. The molecule has 90 valence electrons. The monoisotopic (exact) mass is 225 g/mol. The van der Waals surface area contributed by atoms with Gasteiger partial charge in [0, 0.05) is 6.54 Å². The van der Waals surface area contributed by atoms with Gasteiger partial charge in [-0.2, -0.15) is 13.2 Å². The highest BCUT2D eigenvalue weighted by Crippen LogP contribution is 2.39. The third-order valence-electron chi connectivity index (χ3n) is 2.97. The summed E-state index contributed by atoms with van der Waals surface area (Å²) in [6.07, 6.45) is -1.99. The third-order valence-corrected chi connectivity index (χ3v) is 2.97. The SMILES string of the molecule is OCCNCC1CCCC(C(F)(F)F)C1. The van der Waals surface area contributed by atoms with Crippen molar-refractivity contribution in [3.63, 3.8) is 0 Å². The van der Waals surface area contributed by atoms with E-state index in [0.717, 1.165) is 6.42 Å². The van der Waals surface area contributed by atoms with Crippen LogP contribution < -0.4 is 5.32 Å². The largest absolute Gasteiger partial charge is 0.395 e. The smallest absolute Gasteiger partial charge is 0.391 e. The van der Waals surface area contributed by atoms with Crippen LogP contribution in [0.4, 0.5) is 13.2 Å². The molecule has 0 aromatic rings. The maximum absolute atomic E-state index is 12.4. The van der Waals surface area contributed by atoms with Gasteiger partial charge in [0.2, 0.25) is 0 Å². The Labute approximate surface area is 87.9 Å². The fraction of sp³-hybridized carbons (Fsp3) is 1.00. The molecule has 15 heavy (non-hydrogen) atoms. The van der Waals surface area contributed by atoms with Crippen LogP contribution in [0.2, 0.25) is 0 Å². The Morgan fingerprint density at radius 3 is 2.60 bits per heavy atom. The van der Waals surface area contributed by atoms with Crippen LogP contribution in [-0.4, -0.2) is 31.0 Å². The molecule has 0 bridgehead atoms. The van der Waals surface area contributed by atoms with Gasteiger partial charge in [-0.25, -0.2) is 0 Å². The predicted molar refractivity (Wildman–Crippen MR) is 51.5 cm³/mol. The van der Waals surface area contributed by atoms with Gasteiger partial charge >= 0.3 is 6.18 Å². The minimum atomic E-state index is -4.03. The van der Waals surface area contributed by atoms with E-state index in [-0.39, 0.29) is 25.4 Å². The fourth-order valence-electron chi connectivity index (χ4n) is 2.16. The number of aliphatic hydroxyl groups is 1. The number of hydrogen-bond acceptors (Lipinski definition) is 2. The normalized spacial score (nSPS) is 28.0. The number of hydrogen-bond donors (Lipinski definition) is 2. The lowest BCUT2D eigenvalue weighted by atomic mass is 9.81. The van der Waals surface area contributed by atoms with Gasteiger partial charge < -0.3 is 10.4 Å². The Bertz CT molecular complexity index is 184. The highest BCUT2D eigenvalue weighted by atomic mass is 19.4. The first kappa shape index (κ1) is 12.8. The minimum absolute atomic E-state index is 0.0371. The van der Waals surface area contributed by atoms with Crippen LogP contribution in [0.25, 0.3) is 0 Å². The Morgan fingerprint density at radius 2 is 2.00 bits per heavy atom. The lowest BCUT2D eigenvalue weighted by Crippen LogP contribution is -2.34. The van der Waals surface area contributed by atoms with Crippen LogP contribution in [-0.2, 0) is 0 Å². The zero-order valence-electron chi connectivity index (χ0n) is 8.69. The van der Waals surface area contributed by atoms with Crippen molar-refractivity contribution in [3.05, 3.63) is 0 Å². The van der Waals surface area contributed by atoms with Crippen molar-refractivity contribution in [2.75, 3.05) is 19.7 Å². The zero-order valence-corrected chi connectivity index (χ0v) is 8.69. The van der Waals surface area contributed by atoms with E-state index < -0.39 is 12.1 Å². The summed E-state index contributed by atoms with van der Waals surface area (Å²) in [6.45, 7) is 1.09. The third kappa shape index (κ3) is 4.38. The molecule has 2 nitrogen and oxygen atoms in total. The van der Waals surface area contributed by atoms with Crippen LogP contribution in [0.15, 0.2) is 0 Å². The molecule has 1 aliphatic rings. The van der Waals surface area contributed by atoms with Crippen LogP contribution >= 0.6 is 0 Å².